The molecule has 214 valence electrons. The maximum atomic E-state index is 14.8. The minimum absolute atomic E-state index is 0.0906. The molecule has 0 aliphatic carbocycles. The number of hydrogen-bond donors (Lipinski definition) is 1. The minimum Gasteiger partial charge on any atom is -0.472 e. The zero-order valence-corrected chi connectivity index (χ0v) is 23.7. The smallest absolute Gasteiger partial charge is 0.382 e. The van der Waals surface area contributed by atoms with Gasteiger partial charge in [0.25, 0.3) is 5.79 Å². The van der Waals surface area contributed by atoms with Crippen molar-refractivity contribution in [2.24, 2.45) is 0 Å². The van der Waals surface area contributed by atoms with Gasteiger partial charge in [0.1, 0.15) is 17.3 Å². The van der Waals surface area contributed by atoms with Crippen LogP contribution in [-0.2, 0) is 28.4 Å². The highest BCUT2D eigenvalue weighted by atomic mass is 35.5. The number of nitrogens with zero attached hydrogens (tertiary/aromatic N) is 3. The van der Waals surface area contributed by atoms with Crippen molar-refractivity contribution in [2.45, 2.75) is 64.0 Å². The van der Waals surface area contributed by atoms with Gasteiger partial charge in [0.15, 0.2) is 11.5 Å². The second-order valence-corrected chi connectivity index (χ2v) is 11.3. The third-order valence-electron chi connectivity index (χ3n) is 8.11. The number of carboxylic acids is 1. The normalized spacial score (nSPS) is 22.2. The Hall–Kier alpha value is -3.58. The lowest BCUT2D eigenvalue weighted by Gasteiger charge is -2.33. The van der Waals surface area contributed by atoms with E-state index < -0.39 is 17.6 Å². The van der Waals surface area contributed by atoms with Crippen molar-refractivity contribution in [3.05, 3.63) is 75.6 Å². The number of aryl methyl sites for hydroxylation is 1. The molecule has 2 atom stereocenters. The number of likely N-dealkylation sites (tertiary alicyclic amines) is 1. The molecule has 3 aliphatic heterocycles. The van der Waals surface area contributed by atoms with Crippen molar-refractivity contribution < 1.29 is 28.5 Å². The number of ether oxygens (including phenoxy) is 3. The number of hydrogen-bond acceptors (Lipinski definition) is 6. The lowest BCUT2D eigenvalue weighted by molar-refractivity contribution is -0.130. The number of aliphatic carboxylic acids is 1. The third-order valence-corrected chi connectivity index (χ3v) is 8.35. The average Bonchev–Trinajstić information content (AvgIpc) is 3.40. The summed E-state index contributed by atoms with van der Waals surface area (Å²) in [5, 5.41) is 9.39. The lowest BCUT2D eigenvalue weighted by atomic mass is 9.88. The Morgan fingerprint density at radius 3 is 2.68 bits per heavy atom. The first-order valence-electron chi connectivity index (χ1n) is 13.8. The van der Waals surface area contributed by atoms with E-state index in [2.05, 4.69) is 22.8 Å². The number of carbonyl (C=O) groups is 1. The Morgan fingerprint density at radius 2 is 2.00 bits per heavy atom. The number of rotatable bonds is 6. The van der Waals surface area contributed by atoms with Gasteiger partial charge in [0, 0.05) is 30.0 Å². The fraction of sp³-hybridized carbons (Fsp3) is 0.419. The average molecular weight is 580 g/mol. The monoisotopic (exact) mass is 579 g/mol. The molecule has 2 saturated heterocycles. The highest BCUT2D eigenvalue weighted by Gasteiger charge is 2.43. The van der Waals surface area contributed by atoms with Crippen LogP contribution in [-0.4, -0.2) is 51.3 Å². The van der Waals surface area contributed by atoms with E-state index in [1.54, 1.807) is 19.1 Å². The van der Waals surface area contributed by atoms with Crippen LogP contribution in [0.1, 0.15) is 60.4 Å². The highest BCUT2D eigenvalue weighted by molar-refractivity contribution is 6.30. The first kappa shape index (κ1) is 27.6. The number of piperidine rings is 1. The lowest BCUT2D eigenvalue weighted by Crippen LogP contribution is -2.35. The fourth-order valence-electron chi connectivity index (χ4n) is 5.89. The Kier molecular flexibility index (Phi) is 7.41. The van der Waals surface area contributed by atoms with E-state index >= 15 is 0 Å². The van der Waals surface area contributed by atoms with Gasteiger partial charge in [-0.1, -0.05) is 23.7 Å². The Labute approximate surface area is 243 Å². The van der Waals surface area contributed by atoms with Crippen molar-refractivity contribution in [3.8, 4) is 23.3 Å². The highest BCUT2D eigenvalue weighted by Crippen LogP contribution is 2.49. The van der Waals surface area contributed by atoms with E-state index in [1.807, 2.05) is 23.6 Å². The van der Waals surface area contributed by atoms with Crippen molar-refractivity contribution in [2.75, 3.05) is 19.7 Å². The molecule has 8 nitrogen and oxygen atoms in total. The number of benzene rings is 2. The van der Waals surface area contributed by atoms with E-state index in [-0.39, 0.29) is 12.0 Å². The minimum atomic E-state index is -1.28. The van der Waals surface area contributed by atoms with Crippen LogP contribution in [0.5, 0.6) is 11.5 Å². The second-order valence-electron chi connectivity index (χ2n) is 10.9. The third kappa shape index (κ3) is 5.52. The van der Waals surface area contributed by atoms with Crippen LogP contribution in [0.15, 0.2) is 36.4 Å². The van der Waals surface area contributed by atoms with Gasteiger partial charge in [-0.2, -0.15) is 0 Å². The van der Waals surface area contributed by atoms with Gasteiger partial charge in [-0.3, -0.25) is 4.90 Å². The van der Waals surface area contributed by atoms with Crippen molar-refractivity contribution in [3.63, 3.8) is 0 Å². The molecule has 4 heterocycles. The molecule has 1 N–H and O–H groups in total. The van der Waals surface area contributed by atoms with Crippen LogP contribution < -0.4 is 9.47 Å². The first-order chi connectivity index (χ1) is 19.7. The summed E-state index contributed by atoms with van der Waals surface area (Å²) in [5.74, 6) is 4.49. The van der Waals surface area contributed by atoms with E-state index in [4.69, 9.17) is 35.9 Å². The molecule has 6 rings (SSSR count). The quantitative estimate of drug-likeness (QED) is 0.400. The Balaban J connectivity index is 1.16. The topological polar surface area (TPSA) is 86.0 Å². The maximum Gasteiger partial charge on any atom is 0.382 e. The van der Waals surface area contributed by atoms with Gasteiger partial charge in [-0.05, 0) is 75.4 Å². The molecule has 2 aromatic carbocycles. The molecule has 1 aromatic heterocycles. The molecule has 0 spiro atoms. The summed E-state index contributed by atoms with van der Waals surface area (Å²) in [4.78, 5) is 18.2. The summed E-state index contributed by atoms with van der Waals surface area (Å²) in [6.45, 7) is 7.26. The number of fused-ring (bicyclic) bond motifs is 1. The molecule has 41 heavy (non-hydrogen) atoms. The number of aromatic nitrogens is 2. The van der Waals surface area contributed by atoms with Gasteiger partial charge >= 0.3 is 5.97 Å². The Morgan fingerprint density at radius 1 is 1.22 bits per heavy atom. The predicted octanol–water partition coefficient (Wildman–Crippen LogP) is 5.23. The van der Waals surface area contributed by atoms with Crippen LogP contribution >= 0.6 is 11.6 Å². The van der Waals surface area contributed by atoms with Crippen molar-refractivity contribution in [1.29, 1.82) is 0 Å². The second kappa shape index (κ2) is 11.0. The van der Waals surface area contributed by atoms with Gasteiger partial charge in [-0.25, -0.2) is 14.2 Å². The van der Waals surface area contributed by atoms with Crippen LogP contribution in [0.3, 0.4) is 0 Å². The summed E-state index contributed by atoms with van der Waals surface area (Å²) in [6, 6.07) is 10.4. The molecule has 2 unspecified atom stereocenters. The zero-order chi connectivity index (χ0) is 28.7. The van der Waals surface area contributed by atoms with Crippen LogP contribution in [0, 0.1) is 24.6 Å². The molecule has 0 amide bonds. The van der Waals surface area contributed by atoms with E-state index in [0.29, 0.717) is 40.9 Å². The summed E-state index contributed by atoms with van der Waals surface area (Å²) in [6.07, 6.45) is 2.87. The number of halogens is 2. The van der Waals surface area contributed by atoms with E-state index in [0.717, 1.165) is 56.0 Å². The maximum absolute atomic E-state index is 14.8. The molecule has 0 saturated carbocycles. The first-order valence-corrected chi connectivity index (χ1v) is 14.2. The predicted molar refractivity (Wildman–Crippen MR) is 150 cm³/mol. The van der Waals surface area contributed by atoms with Crippen LogP contribution in [0.4, 0.5) is 4.39 Å². The molecule has 3 aromatic rings. The number of para-hydroxylation sites is 1. The summed E-state index contributed by atoms with van der Waals surface area (Å²) in [7, 11) is 0. The molecule has 2 fully saturated rings. The largest absolute Gasteiger partial charge is 0.472 e. The Bertz CT molecular complexity index is 1550. The van der Waals surface area contributed by atoms with E-state index in [1.165, 1.54) is 6.07 Å². The molecular weight excluding hydrogens is 549 g/mol. The molecule has 10 heteroatoms. The standard InChI is InChI=1S/C31H31ClFN3O5/c1-19-26(8-9-29(37)38)36(17-22-12-15-39-22)28(34-19)18-35-13-10-20(11-14-35)23-4-3-5-27-30(23)41-31(2,40-27)24-7-6-21(32)16-25(24)33/h3-7,16,20,22H,10-15,17-18H2,1-2H3,(H,37,38). The molecule has 3 aliphatic rings. The SMILES string of the molecule is Cc1nc(CN2CCC(c3cccc4c3OC(C)(c3ccc(Cl)cc3F)O4)CC2)n(CC2CCO2)c1C#CC(=O)O. The molecular formula is C31H31ClFN3O5. The van der Waals surface area contributed by atoms with Gasteiger partial charge in [0.05, 0.1) is 30.5 Å². The van der Waals surface area contributed by atoms with Crippen LogP contribution in [0.2, 0.25) is 5.02 Å². The zero-order valence-electron chi connectivity index (χ0n) is 23.0. The molecule has 0 radical (unpaired) electrons. The van der Waals surface area contributed by atoms with Gasteiger partial charge in [-0.15, -0.1) is 0 Å². The summed E-state index contributed by atoms with van der Waals surface area (Å²) >= 11 is 5.96. The fourth-order valence-corrected chi connectivity index (χ4v) is 6.05. The van der Waals surface area contributed by atoms with Crippen molar-refractivity contribution >= 4 is 17.6 Å². The number of imidazole rings is 1. The van der Waals surface area contributed by atoms with Crippen LogP contribution in [0.25, 0.3) is 0 Å². The van der Waals surface area contributed by atoms with Gasteiger partial charge in [0.2, 0.25) is 0 Å². The summed E-state index contributed by atoms with van der Waals surface area (Å²) < 4.78 is 34.9. The number of carboxylic acid groups (broad SMARTS) is 1. The van der Waals surface area contributed by atoms with E-state index in [9.17, 15) is 9.18 Å². The van der Waals surface area contributed by atoms with Crippen molar-refractivity contribution in [1.82, 2.24) is 14.5 Å². The summed E-state index contributed by atoms with van der Waals surface area (Å²) in [5.41, 5.74) is 2.71. The van der Waals surface area contributed by atoms with Gasteiger partial charge < -0.3 is 23.9 Å². The molecule has 0 bridgehead atoms.